The van der Waals surface area contributed by atoms with Crippen molar-refractivity contribution in [3.63, 3.8) is 0 Å². The van der Waals surface area contributed by atoms with Crippen molar-refractivity contribution in [1.29, 1.82) is 0 Å². The fourth-order valence-electron chi connectivity index (χ4n) is 1.22. The monoisotopic (exact) mass is 290 g/mol. The van der Waals surface area contributed by atoms with Gasteiger partial charge in [-0.15, -0.1) is 0 Å². The molecule has 17 heavy (non-hydrogen) atoms. The first-order valence-electron chi connectivity index (χ1n) is 5.49. The van der Waals surface area contributed by atoms with Crippen LogP contribution in [0.4, 0.5) is 5.69 Å². The predicted molar refractivity (Wildman–Crippen MR) is 80.1 cm³/mol. The van der Waals surface area contributed by atoms with Crippen LogP contribution in [0.3, 0.4) is 0 Å². The van der Waals surface area contributed by atoms with Gasteiger partial charge in [0.25, 0.3) is 0 Å². The number of thiocarbonyl (C=S) groups is 1. The minimum absolute atomic E-state index is 0.515. The fourth-order valence-corrected chi connectivity index (χ4v) is 1.74. The smallest absolute Gasteiger partial charge is 0.170 e. The Morgan fingerprint density at radius 3 is 2.59 bits per heavy atom. The normalized spacial score (nSPS) is 10.4. The third-order valence-electron chi connectivity index (χ3n) is 2.18. The van der Waals surface area contributed by atoms with Gasteiger partial charge in [-0.3, -0.25) is 0 Å². The molecule has 0 aliphatic heterocycles. The Balaban J connectivity index is 2.42. The van der Waals surface area contributed by atoms with E-state index in [9.17, 15) is 0 Å². The van der Waals surface area contributed by atoms with Gasteiger partial charge in [0.05, 0.1) is 10.0 Å². The molecule has 0 heterocycles. The van der Waals surface area contributed by atoms with E-state index in [1.807, 2.05) is 6.07 Å². The van der Waals surface area contributed by atoms with Crippen LogP contribution in [0.5, 0.6) is 0 Å². The molecular formula is C12H16Cl2N2S. The highest BCUT2D eigenvalue weighted by atomic mass is 35.5. The predicted octanol–water partition coefficient (Wildman–Crippen LogP) is 4.33. The van der Waals surface area contributed by atoms with Crippen LogP contribution in [0.25, 0.3) is 0 Å². The number of rotatable bonds is 4. The minimum atomic E-state index is 0.515. The van der Waals surface area contributed by atoms with Crippen LogP contribution in [-0.2, 0) is 0 Å². The van der Waals surface area contributed by atoms with Crippen molar-refractivity contribution in [2.45, 2.75) is 20.3 Å². The van der Waals surface area contributed by atoms with Gasteiger partial charge in [0.2, 0.25) is 0 Å². The highest BCUT2D eigenvalue weighted by Crippen LogP contribution is 2.24. The van der Waals surface area contributed by atoms with Gasteiger partial charge in [-0.25, -0.2) is 0 Å². The molecule has 5 heteroatoms. The summed E-state index contributed by atoms with van der Waals surface area (Å²) in [5.41, 5.74) is 0.835. The fraction of sp³-hybridized carbons (Fsp3) is 0.417. The molecule has 1 rings (SSSR count). The van der Waals surface area contributed by atoms with Crippen LogP contribution < -0.4 is 10.6 Å². The van der Waals surface area contributed by atoms with Crippen molar-refractivity contribution < 1.29 is 0 Å². The molecule has 1 aromatic carbocycles. The molecule has 0 aliphatic rings. The van der Waals surface area contributed by atoms with Gasteiger partial charge >= 0.3 is 0 Å². The molecule has 0 bridgehead atoms. The van der Waals surface area contributed by atoms with Crippen LogP contribution in [0, 0.1) is 5.92 Å². The summed E-state index contributed by atoms with van der Waals surface area (Å²) in [6.07, 6.45) is 1.09. The first kappa shape index (κ1) is 14.6. The molecule has 2 nitrogen and oxygen atoms in total. The summed E-state index contributed by atoms with van der Waals surface area (Å²) >= 11 is 16.9. The first-order valence-corrected chi connectivity index (χ1v) is 6.65. The largest absolute Gasteiger partial charge is 0.362 e. The summed E-state index contributed by atoms with van der Waals surface area (Å²) in [6, 6.07) is 5.33. The summed E-state index contributed by atoms with van der Waals surface area (Å²) in [6.45, 7) is 5.22. The van der Waals surface area contributed by atoms with Gasteiger partial charge in [0.1, 0.15) is 0 Å². The van der Waals surface area contributed by atoms with E-state index in [0.29, 0.717) is 21.1 Å². The van der Waals surface area contributed by atoms with E-state index in [1.54, 1.807) is 12.1 Å². The van der Waals surface area contributed by atoms with Crippen molar-refractivity contribution in [3.05, 3.63) is 28.2 Å². The zero-order valence-corrected chi connectivity index (χ0v) is 12.2. The summed E-state index contributed by atoms with van der Waals surface area (Å²) in [5, 5.41) is 7.86. The topological polar surface area (TPSA) is 24.1 Å². The number of nitrogens with one attached hydrogen (secondary N) is 2. The quantitative estimate of drug-likeness (QED) is 0.808. The molecule has 1 aromatic rings. The zero-order valence-electron chi connectivity index (χ0n) is 9.89. The maximum atomic E-state index is 5.91. The van der Waals surface area contributed by atoms with Crippen LogP contribution in [0.1, 0.15) is 20.3 Å². The summed E-state index contributed by atoms with van der Waals surface area (Å²) in [5.74, 6) is 0.662. The zero-order chi connectivity index (χ0) is 12.8. The third kappa shape index (κ3) is 5.57. The Hall–Kier alpha value is -0.510. The molecule has 0 unspecified atom stereocenters. The second-order valence-corrected chi connectivity index (χ2v) is 5.41. The molecule has 0 amide bonds. The Labute approximate surface area is 118 Å². The Kier molecular flexibility index (Phi) is 6.03. The lowest BCUT2D eigenvalue weighted by Crippen LogP contribution is -2.29. The van der Waals surface area contributed by atoms with E-state index in [1.165, 1.54) is 0 Å². The Morgan fingerprint density at radius 2 is 2.00 bits per heavy atom. The van der Waals surface area contributed by atoms with E-state index in [4.69, 9.17) is 35.4 Å². The highest BCUT2D eigenvalue weighted by molar-refractivity contribution is 7.80. The van der Waals surface area contributed by atoms with Crippen molar-refractivity contribution >= 4 is 46.2 Å². The number of anilines is 1. The van der Waals surface area contributed by atoms with Crippen LogP contribution >= 0.6 is 35.4 Å². The first-order chi connectivity index (χ1) is 7.99. The Bertz CT molecular complexity index is 394. The Morgan fingerprint density at radius 1 is 1.29 bits per heavy atom. The van der Waals surface area contributed by atoms with Crippen molar-refractivity contribution in [2.75, 3.05) is 11.9 Å². The van der Waals surface area contributed by atoms with Crippen LogP contribution in [0.2, 0.25) is 10.0 Å². The number of benzene rings is 1. The van der Waals surface area contributed by atoms with E-state index in [2.05, 4.69) is 24.5 Å². The van der Waals surface area contributed by atoms with Crippen molar-refractivity contribution in [1.82, 2.24) is 5.32 Å². The highest BCUT2D eigenvalue weighted by Gasteiger charge is 2.01. The SMILES string of the molecule is CC(C)CCNC(=S)Nc1ccc(Cl)c(Cl)c1. The van der Waals surface area contributed by atoms with Crippen LogP contribution in [0.15, 0.2) is 18.2 Å². The lowest BCUT2D eigenvalue weighted by Gasteiger charge is -2.12. The van der Waals surface area contributed by atoms with E-state index < -0.39 is 0 Å². The van der Waals surface area contributed by atoms with Crippen molar-refractivity contribution in [2.24, 2.45) is 5.92 Å². The molecule has 0 saturated heterocycles. The van der Waals surface area contributed by atoms with Crippen molar-refractivity contribution in [3.8, 4) is 0 Å². The molecule has 94 valence electrons. The molecule has 2 N–H and O–H groups in total. The van der Waals surface area contributed by atoms with Gasteiger partial charge < -0.3 is 10.6 Å². The van der Waals surface area contributed by atoms with E-state index in [-0.39, 0.29) is 0 Å². The lowest BCUT2D eigenvalue weighted by molar-refractivity contribution is 0.579. The lowest BCUT2D eigenvalue weighted by atomic mass is 10.1. The standard InChI is InChI=1S/C12H16Cl2N2S/c1-8(2)5-6-15-12(17)16-9-3-4-10(13)11(14)7-9/h3-4,7-8H,5-6H2,1-2H3,(H2,15,16,17). The summed E-state index contributed by atoms with van der Waals surface area (Å²) in [4.78, 5) is 0. The summed E-state index contributed by atoms with van der Waals surface area (Å²) < 4.78 is 0. The minimum Gasteiger partial charge on any atom is -0.362 e. The maximum absolute atomic E-state index is 5.91. The van der Waals surface area contributed by atoms with Gasteiger partial charge in [-0.05, 0) is 42.8 Å². The van der Waals surface area contributed by atoms with Gasteiger partial charge in [-0.2, -0.15) is 0 Å². The van der Waals surface area contributed by atoms with E-state index >= 15 is 0 Å². The second kappa shape index (κ2) is 7.04. The summed E-state index contributed by atoms with van der Waals surface area (Å²) in [7, 11) is 0. The van der Waals surface area contributed by atoms with Gasteiger partial charge in [-0.1, -0.05) is 37.0 Å². The van der Waals surface area contributed by atoms with Gasteiger partial charge in [0, 0.05) is 12.2 Å². The average Bonchev–Trinajstić information content (AvgIpc) is 2.23. The van der Waals surface area contributed by atoms with Crippen LogP contribution in [-0.4, -0.2) is 11.7 Å². The molecule has 0 aromatic heterocycles. The van der Waals surface area contributed by atoms with E-state index in [0.717, 1.165) is 18.7 Å². The third-order valence-corrected chi connectivity index (χ3v) is 3.17. The number of halogens is 2. The average molecular weight is 291 g/mol. The number of hydrogen-bond donors (Lipinski definition) is 2. The molecule has 0 aliphatic carbocycles. The maximum Gasteiger partial charge on any atom is 0.170 e. The molecule has 0 spiro atoms. The molecule has 0 atom stereocenters. The molecular weight excluding hydrogens is 275 g/mol. The second-order valence-electron chi connectivity index (χ2n) is 4.19. The molecule has 0 fully saturated rings. The number of hydrogen-bond acceptors (Lipinski definition) is 1. The molecule has 0 radical (unpaired) electrons. The molecule has 0 saturated carbocycles. The van der Waals surface area contributed by atoms with Gasteiger partial charge in [0.15, 0.2) is 5.11 Å².